The summed E-state index contributed by atoms with van der Waals surface area (Å²) in [6.07, 6.45) is 4.60. The molecule has 29 heavy (non-hydrogen) atoms. The summed E-state index contributed by atoms with van der Waals surface area (Å²) in [7, 11) is 0. The number of rotatable bonds is 10. The largest absolute Gasteiger partial charge is 0.507 e. The second-order valence-electron chi connectivity index (χ2n) is 6.30. The molecule has 0 spiro atoms. The number of carbonyl (C=O) groups excluding carboxylic acids is 1. The van der Waals surface area contributed by atoms with E-state index in [1.807, 2.05) is 6.92 Å². The van der Waals surface area contributed by atoms with E-state index < -0.39 is 5.97 Å². The number of hydrogen-bond acceptors (Lipinski definition) is 5. The molecule has 0 aliphatic heterocycles. The maximum Gasteiger partial charge on any atom is 0.337 e. The summed E-state index contributed by atoms with van der Waals surface area (Å²) in [6.45, 7) is 4.12. The molecule has 6 nitrogen and oxygen atoms in total. The van der Waals surface area contributed by atoms with Gasteiger partial charge in [0.15, 0.2) is 5.78 Å². The Labute approximate surface area is 174 Å². The summed E-state index contributed by atoms with van der Waals surface area (Å²) < 4.78 is 11.1. The molecule has 0 heterocycles. The van der Waals surface area contributed by atoms with Crippen molar-refractivity contribution in [3.8, 4) is 17.2 Å². The molecule has 0 amide bonds. The number of halogens is 1. The SMILES string of the molecule is CCCC(=O)c1ccc(OC/C=C/COc2ccc(C(=O)O)c(Cl)c2)c(C)c1O. The predicted octanol–water partition coefficient (Wildman–Crippen LogP) is 5.05. The summed E-state index contributed by atoms with van der Waals surface area (Å²) in [5, 5.41) is 19.3. The zero-order chi connectivity index (χ0) is 21.4. The van der Waals surface area contributed by atoms with Crippen LogP contribution < -0.4 is 9.47 Å². The predicted molar refractivity (Wildman–Crippen MR) is 111 cm³/mol. The summed E-state index contributed by atoms with van der Waals surface area (Å²) in [6, 6.07) is 7.62. The molecular formula is C22H23ClO6. The highest BCUT2D eigenvalue weighted by Gasteiger charge is 2.15. The molecule has 0 aromatic heterocycles. The van der Waals surface area contributed by atoms with E-state index in [1.165, 1.54) is 18.2 Å². The van der Waals surface area contributed by atoms with E-state index in [9.17, 15) is 14.7 Å². The van der Waals surface area contributed by atoms with Gasteiger partial charge in [-0.3, -0.25) is 4.79 Å². The average molecular weight is 419 g/mol. The molecule has 2 N–H and O–H groups in total. The number of phenols is 1. The minimum absolute atomic E-state index is 0.0176. The Bertz CT molecular complexity index is 920. The molecule has 7 heteroatoms. The normalized spacial score (nSPS) is 10.9. The van der Waals surface area contributed by atoms with E-state index in [1.54, 1.807) is 31.2 Å². The summed E-state index contributed by atoms with van der Waals surface area (Å²) in [5.74, 6) is -0.276. The maximum atomic E-state index is 12.0. The lowest BCUT2D eigenvalue weighted by Gasteiger charge is -2.11. The lowest BCUT2D eigenvalue weighted by atomic mass is 10.0. The van der Waals surface area contributed by atoms with Gasteiger partial charge in [0, 0.05) is 12.0 Å². The number of carboxylic acid groups (broad SMARTS) is 1. The Balaban J connectivity index is 1.86. The zero-order valence-corrected chi connectivity index (χ0v) is 17.0. The number of phenolic OH excluding ortho intramolecular Hbond substituents is 1. The van der Waals surface area contributed by atoms with Crippen LogP contribution in [0.1, 0.15) is 46.0 Å². The highest BCUT2D eigenvalue weighted by molar-refractivity contribution is 6.33. The van der Waals surface area contributed by atoms with Crippen LogP contribution in [0, 0.1) is 6.92 Å². The van der Waals surface area contributed by atoms with Gasteiger partial charge in [-0.25, -0.2) is 4.79 Å². The van der Waals surface area contributed by atoms with Crippen LogP contribution >= 0.6 is 11.6 Å². The van der Waals surface area contributed by atoms with Crippen molar-refractivity contribution in [2.24, 2.45) is 0 Å². The number of hydrogen-bond donors (Lipinski definition) is 2. The van der Waals surface area contributed by atoms with Gasteiger partial charge in [0.25, 0.3) is 0 Å². The van der Waals surface area contributed by atoms with E-state index in [2.05, 4.69) is 0 Å². The minimum Gasteiger partial charge on any atom is -0.507 e. The number of carboxylic acids is 1. The molecule has 0 aliphatic rings. The van der Waals surface area contributed by atoms with Crippen LogP contribution in [0.5, 0.6) is 17.2 Å². The molecule has 2 rings (SSSR count). The second kappa shape index (κ2) is 10.5. The van der Waals surface area contributed by atoms with Crippen molar-refractivity contribution in [1.29, 1.82) is 0 Å². The van der Waals surface area contributed by atoms with Crippen molar-refractivity contribution >= 4 is 23.4 Å². The standard InChI is InChI=1S/C22H23ClO6/c1-3-6-19(24)17-9-10-20(14(2)21(17)25)29-12-5-4-11-28-15-7-8-16(22(26)27)18(23)13-15/h4-5,7-10,13,25H,3,6,11-12H2,1-2H3,(H,26,27)/b5-4+. The second-order valence-corrected chi connectivity index (χ2v) is 6.71. The molecule has 0 bridgehead atoms. The topological polar surface area (TPSA) is 93.1 Å². The lowest BCUT2D eigenvalue weighted by molar-refractivity contribution is 0.0696. The molecule has 154 valence electrons. The molecule has 0 radical (unpaired) electrons. The number of ketones is 1. The van der Waals surface area contributed by atoms with Crippen molar-refractivity contribution in [2.45, 2.75) is 26.7 Å². The van der Waals surface area contributed by atoms with Crippen LogP contribution in [0.2, 0.25) is 5.02 Å². The van der Waals surface area contributed by atoms with Gasteiger partial charge in [0.05, 0.1) is 16.1 Å². The third-order valence-corrected chi connectivity index (χ3v) is 4.49. The van der Waals surface area contributed by atoms with E-state index >= 15 is 0 Å². The van der Waals surface area contributed by atoms with Crippen LogP contribution in [0.15, 0.2) is 42.5 Å². The third kappa shape index (κ3) is 5.99. The fourth-order valence-corrected chi connectivity index (χ4v) is 2.85. The molecule has 0 atom stereocenters. The van der Waals surface area contributed by atoms with E-state index in [4.69, 9.17) is 26.2 Å². The monoisotopic (exact) mass is 418 g/mol. The van der Waals surface area contributed by atoms with Crippen molar-refractivity contribution in [3.05, 3.63) is 64.2 Å². The Morgan fingerprint density at radius 1 is 1.07 bits per heavy atom. The van der Waals surface area contributed by atoms with Crippen LogP contribution in [0.4, 0.5) is 0 Å². The number of carbonyl (C=O) groups is 2. The number of ether oxygens (including phenoxy) is 2. The van der Waals surface area contributed by atoms with E-state index in [0.717, 1.165) is 6.42 Å². The van der Waals surface area contributed by atoms with Crippen molar-refractivity contribution < 1.29 is 29.3 Å². The van der Waals surface area contributed by atoms with Crippen LogP contribution in [0.25, 0.3) is 0 Å². The van der Waals surface area contributed by atoms with Gasteiger partial charge in [-0.15, -0.1) is 0 Å². The smallest absolute Gasteiger partial charge is 0.337 e. The van der Waals surface area contributed by atoms with Gasteiger partial charge in [0.1, 0.15) is 30.5 Å². The van der Waals surface area contributed by atoms with Crippen molar-refractivity contribution in [3.63, 3.8) is 0 Å². The molecule has 0 aliphatic carbocycles. The van der Waals surface area contributed by atoms with Crippen LogP contribution in [-0.2, 0) is 0 Å². The first kappa shape index (κ1) is 22.3. The number of Topliss-reactive ketones (excluding diaryl/α,β-unsaturated/α-hetero) is 1. The maximum absolute atomic E-state index is 12.0. The van der Waals surface area contributed by atoms with Gasteiger partial charge in [0.2, 0.25) is 0 Å². The molecule has 0 saturated carbocycles. The first-order chi connectivity index (χ1) is 13.8. The first-order valence-corrected chi connectivity index (χ1v) is 9.52. The quantitative estimate of drug-likeness (QED) is 0.414. The highest BCUT2D eigenvalue weighted by Crippen LogP contribution is 2.31. The van der Waals surface area contributed by atoms with Crippen molar-refractivity contribution in [2.75, 3.05) is 13.2 Å². The fourth-order valence-electron chi connectivity index (χ4n) is 2.60. The van der Waals surface area contributed by atoms with E-state index in [0.29, 0.717) is 29.0 Å². The lowest BCUT2D eigenvalue weighted by Crippen LogP contribution is -2.02. The molecular weight excluding hydrogens is 396 g/mol. The molecule has 2 aromatic carbocycles. The summed E-state index contributed by atoms with van der Waals surface area (Å²) >= 11 is 5.89. The molecule has 0 unspecified atom stereocenters. The molecule has 0 saturated heterocycles. The molecule has 0 fully saturated rings. The van der Waals surface area contributed by atoms with Gasteiger partial charge < -0.3 is 19.7 Å². The Kier molecular flexibility index (Phi) is 8.09. The van der Waals surface area contributed by atoms with Crippen LogP contribution in [0.3, 0.4) is 0 Å². The van der Waals surface area contributed by atoms with Gasteiger partial charge in [-0.1, -0.05) is 18.5 Å². The van der Waals surface area contributed by atoms with Gasteiger partial charge >= 0.3 is 5.97 Å². The van der Waals surface area contributed by atoms with E-state index in [-0.39, 0.29) is 35.3 Å². The Morgan fingerprint density at radius 2 is 1.72 bits per heavy atom. The average Bonchev–Trinajstić information content (AvgIpc) is 2.67. The minimum atomic E-state index is -1.09. The Hall–Kier alpha value is -2.99. The summed E-state index contributed by atoms with van der Waals surface area (Å²) in [4.78, 5) is 22.9. The number of aromatic hydroxyl groups is 1. The van der Waals surface area contributed by atoms with Crippen molar-refractivity contribution in [1.82, 2.24) is 0 Å². The first-order valence-electron chi connectivity index (χ1n) is 9.14. The van der Waals surface area contributed by atoms with Gasteiger partial charge in [-0.2, -0.15) is 0 Å². The highest BCUT2D eigenvalue weighted by atomic mass is 35.5. The fraction of sp³-hybridized carbons (Fsp3) is 0.273. The third-order valence-electron chi connectivity index (χ3n) is 4.18. The van der Waals surface area contributed by atoms with Crippen LogP contribution in [-0.4, -0.2) is 35.2 Å². The number of benzene rings is 2. The Morgan fingerprint density at radius 3 is 2.34 bits per heavy atom. The zero-order valence-electron chi connectivity index (χ0n) is 16.3. The van der Waals surface area contributed by atoms with Gasteiger partial charge in [-0.05, 0) is 55.8 Å². The molecule has 2 aromatic rings. The summed E-state index contributed by atoms with van der Waals surface area (Å²) in [5.41, 5.74) is 0.849. The number of aromatic carboxylic acids is 1.